The van der Waals surface area contributed by atoms with Crippen molar-refractivity contribution in [3.05, 3.63) is 70.5 Å². The Bertz CT molecular complexity index is 1220. The molecule has 0 aliphatic heterocycles. The van der Waals surface area contributed by atoms with Crippen LogP contribution in [0.15, 0.2) is 48.8 Å². The summed E-state index contributed by atoms with van der Waals surface area (Å²) in [6.07, 6.45) is 8.56. The van der Waals surface area contributed by atoms with E-state index < -0.39 is 0 Å². The number of hydrogen-bond acceptors (Lipinski definition) is 5. The second kappa shape index (κ2) is 8.68. The number of phenolic OH excluding ortho intramolecular Hbond substituents is 1. The summed E-state index contributed by atoms with van der Waals surface area (Å²) in [5.41, 5.74) is 4.53. The molecule has 2 aromatic carbocycles. The van der Waals surface area contributed by atoms with Gasteiger partial charge in [-0.2, -0.15) is 10.4 Å². The molecular weight excluding hydrogens is 392 g/mol. The minimum Gasteiger partial charge on any atom is -0.508 e. The summed E-state index contributed by atoms with van der Waals surface area (Å²) in [4.78, 5) is 4.40. The average molecular weight is 417 g/mol. The van der Waals surface area contributed by atoms with Gasteiger partial charge in [0.05, 0.1) is 34.6 Å². The first kappa shape index (κ1) is 20.1. The van der Waals surface area contributed by atoms with E-state index in [1.807, 2.05) is 29.1 Å². The molecule has 5 nitrogen and oxygen atoms in total. The van der Waals surface area contributed by atoms with Crippen LogP contribution in [0, 0.1) is 11.3 Å². The van der Waals surface area contributed by atoms with Crippen molar-refractivity contribution in [3.8, 4) is 16.8 Å². The van der Waals surface area contributed by atoms with Gasteiger partial charge in [0, 0.05) is 17.4 Å². The largest absolute Gasteiger partial charge is 0.508 e. The number of aromatic nitrogens is 3. The smallest absolute Gasteiger partial charge is 0.138 e. The summed E-state index contributed by atoms with van der Waals surface area (Å²) in [6, 6.07) is 13.5. The van der Waals surface area contributed by atoms with Gasteiger partial charge < -0.3 is 5.11 Å². The van der Waals surface area contributed by atoms with Crippen molar-refractivity contribution >= 4 is 22.2 Å². The van der Waals surface area contributed by atoms with E-state index in [0.717, 1.165) is 32.9 Å². The van der Waals surface area contributed by atoms with E-state index in [-0.39, 0.29) is 5.75 Å². The average Bonchev–Trinajstić information content (AvgIpc) is 3.40. The summed E-state index contributed by atoms with van der Waals surface area (Å²) in [6.45, 7) is 4.24. The second-order valence-electron chi connectivity index (χ2n) is 7.79. The van der Waals surface area contributed by atoms with Crippen LogP contribution in [0.5, 0.6) is 5.75 Å². The Morgan fingerprint density at radius 3 is 2.60 bits per heavy atom. The fourth-order valence-electron chi connectivity index (χ4n) is 3.63. The van der Waals surface area contributed by atoms with Crippen molar-refractivity contribution in [1.29, 1.82) is 5.26 Å². The molecule has 1 aliphatic carbocycles. The van der Waals surface area contributed by atoms with Crippen LogP contribution in [0.2, 0.25) is 0 Å². The quantitative estimate of drug-likeness (QED) is 0.451. The second-order valence-corrected chi connectivity index (χ2v) is 8.83. The molecule has 0 spiro atoms. The summed E-state index contributed by atoms with van der Waals surface area (Å²) >= 11 is 1.63. The first-order valence-corrected chi connectivity index (χ1v) is 11.0. The molecule has 0 unspecified atom stereocenters. The maximum absolute atomic E-state index is 9.56. The molecule has 30 heavy (non-hydrogen) atoms. The number of aryl methyl sites for hydroxylation is 2. The molecule has 152 valence electrons. The van der Waals surface area contributed by atoms with Gasteiger partial charge in [0.2, 0.25) is 0 Å². The highest BCUT2D eigenvalue weighted by Crippen LogP contribution is 2.28. The van der Waals surface area contributed by atoms with Crippen molar-refractivity contribution in [2.24, 2.45) is 0 Å². The maximum atomic E-state index is 9.56. The van der Waals surface area contributed by atoms with E-state index in [4.69, 9.17) is 5.26 Å². The van der Waals surface area contributed by atoms with Crippen molar-refractivity contribution in [2.75, 3.05) is 0 Å². The molecule has 1 N–H and O–H groups in total. The lowest BCUT2D eigenvalue weighted by molar-refractivity contribution is 0.476. The highest BCUT2D eigenvalue weighted by Gasteiger charge is 2.11. The van der Waals surface area contributed by atoms with Crippen LogP contribution in [-0.2, 0) is 12.8 Å². The summed E-state index contributed by atoms with van der Waals surface area (Å²) in [7, 11) is 0. The van der Waals surface area contributed by atoms with Crippen LogP contribution in [0.1, 0.15) is 54.3 Å². The van der Waals surface area contributed by atoms with Crippen molar-refractivity contribution < 1.29 is 5.11 Å². The van der Waals surface area contributed by atoms with Gasteiger partial charge in [-0.25, -0.2) is 9.67 Å². The number of thiazole rings is 1. The van der Waals surface area contributed by atoms with Gasteiger partial charge in [-0.05, 0) is 61.1 Å². The number of rotatable bonds is 2. The molecule has 6 heteroatoms. The Kier molecular flexibility index (Phi) is 5.82. The lowest BCUT2D eigenvalue weighted by atomic mass is 9.91. The molecule has 0 saturated carbocycles. The molecule has 5 rings (SSSR count). The van der Waals surface area contributed by atoms with Crippen LogP contribution in [0.3, 0.4) is 0 Å². The number of nitriles is 1. The fraction of sp³-hybridized carbons (Fsp3) is 0.292. The van der Waals surface area contributed by atoms with Crippen LogP contribution in [-0.4, -0.2) is 19.9 Å². The Balaban J connectivity index is 0.000000158. The zero-order valence-corrected chi connectivity index (χ0v) is 18.0. The Hall–Kier alpha value is -3.17. The van der Waals surface area contributed by atoms with Gasteiger partial charge in [0.1, 0.15) is 10.8 Å². The summed E-state index contributed by atoms with van der Waals surface area (Å²) in [5, 5.41) is 25.7. The number of aromatic hydroxyl groups is 1. The molecule has 0 atom stereocenters. The molecule has 2 heterocycles. The lowest BCUT2D eigenvalue weighted by Gasteiger charge is -2.14. The molecule has 4 aromatic rings. The van der Waals surface area contributed by atoms with Crippen LogP contribution < -0.4 is 0 Å². The zero-order valence-electron chi connectivity index (χ0n) is 17.2. The number of benzene rings is 2. The molecule has 0 bridgehead atoms. The minimum absolute atomic E-state index is 0.248. The number of hydrogen-bond donors (Lipinski definition) is 1. The monoisotopic (exact) mass is 416 g/mol. The van der Waals surface area contributed by atoms with Gasteiger partial charge in [-0.3, -0.25) is 0 Å². The van der Waals surface area contributed by atoms with Gasteiger partial charge in [0.25, 0.3) is 0 Å². The van der Waals surface area contributed by atoms with Gasteiger partial charge in [-0.15, -0.1) is 0 Å². The number of fused-ring (bicyclic) bond motifs is 2. The topological polar surface area (TPSA) is 74.7 Å². The molecular formula is C24H24N4OS. The zero-order chi connectivity index (χ0) is 21.1. The van der Waals surface area contributed by atoms with Gasteiger partial charge >= 0.3 is 0 Å². The molecule has 2 aromatic heterocycles. The third kappa shape index (κ3) is 4.22. The minimum atomic E-state index is 0.248. The number of nitrogens with zero attached hydrogens (tertiary/aromatic N) is 4. The number of phenols is 1. The lowest BCUT2D eigenvalue weighted by Crippen LogP contribution is -2.02. The van der Waals surface area contributed by atoms with Crippen LogP contribution in [0.25, 0.3) is 15.9 Å². The third-order valence-electron chi connectivity index (χ3n) is 5.25. The maximum Gasteiger partial charge on any atom is 0.138 e. The van der Waals surface area contributed by atoms with E-state index in [1.54, 1.807) is 29.7 Å². The van der Waals surface area contributed by atoms with E-state index in [9.17, 15) is 5.11 Å². The van der Waals surface area contributed by atoms with Gasteiger partial charge in [0.15, 0.2) is 0 Å². The first-order valence-electron chi connectivity index (χ1n) is 10.2. The molecule has 0 fully saturated rings. The first-order chi connectivity index (χ1) is 14.5. The fourth-order valence-corrected chi connectivity index (χ4v) is 4.52. The molecule has 1 aliphatic rings. The third-order valence-corrected chi connectivity index (χ3v) is 6.52. The van der Waals surface area contributed by atoms with Gasteiger partial charge in [-0.1, -0.05) is 31.3 Å². The predicted octanol–water partition coefficient (Wildman–Crippen LogP) is 5.75. The Morgan fingerprint density at radius 1 is 1.07 bits per heavy atom. The standard InChI is InChI=1S/C13H13N3OS.C11H11N/c1-8(2)13-14-7-12(18-13)16-11-5-10(17)4-3-9(11)6-15-16;12-8-9-5-6-10-3-1-2-4-11(10)7-9/h3-8,17H,1-2H3;5-7H,1-4H2. The molecule has 0 saturated heterocycles. The Labute approximate surface area is 180 Å². The molecule has 0 radical (unpaired) electrons. The predicted molar refractivity (Wildman–Crippen MR) is 120 cm³/mol. The Morgan fingerprint density at radius 2 is 1.87 bits per heavy atom. The van der Waals surface area contributed by atoms with Crippen molar-refractivity contribution in [3.63, 3.8) is 0 Å². The highest BCUT2D eigenvalue weighted by molar-refractivity contribution is 7.14. The highest BCUT2D eigenvalue weighted by atomic mass is 32.1. The summed E-state index contributed by atoms with van der Waals surface area (Å²) in [5.74, 6) is 0.664. The van der Waals surface area contributed by atoms with E-state index in [1.165, 1.54) is 30.4 Å². The summed E-state index contributed by atoms with van der Waals surface area (Å²) < 4.78 is 1.82. The SMILES string of the molecule is CC(C)c1ncc(-n2ncc3ccc(O)cc32)s1.N#Cc1ccc2c(c1)CCCC2. The van der Waals surface area contributed by atoms with Crippen molar-refractivity contribution in [1.82, 2.24) is 14.8 Å². The molecule has 0 amide bonds. The van der Waals surface area contributed by atoms with E-state index in [2.05, 4.69) is 36.1 Å². The van der Waals surface area contributed by atoms with Crippen LogP contribution >= 0.6 is 11.3 Å². The van der Waals surface area contributed by atoms with E-state index in [0.29, 0.717) is 5.92 Å². The normalized spacial score (nSPS) is 12.9. The van der Waals surface area contributed by atoms with E-state index >= 15 is 0 Å². The van der Waals surface area contributed by atoms with Crippen LogP contribution in [0.4, 0.5) is 0 Å². The van der Waals surface area contributed by atoms with Crippen molar-refractivity contribution in [2.45, 2.75) is 45.4 Å².